The summed E-state index contributed by atoms with van der Waals surface area (Å²) in [5.41, 5.74) is -0.642. The SMILES string of the molecule is O=Cc1cnc(-c2ccc(C(F)(F)F)cc2)c(F)c1. The summed E-state index contributed by atoms with van der Waals surface area (Å²) in [5.74, 6) is -0.760. The number of pyridine rings is 1. The lowest BCUT2D eigenvalue weighted by molar-refractivity contribution is -0.137. The Morgan fingerprint density at radius 3 is 2.21 bits per heavy atom. The van der Waals surface area contributed by atoms with Crippen molar-refractivity contribution >= 4 is 6.29 Å². The Hall–Kier alpha value is -2.24. The summed E-state index contributed by atoms with van der Waals surface area (Å²) >= 11 is 0. The van der Waals surface area contributed by atoms with E-state index in [2.05, 4.69) is 4.98 Å². The monoisotopic (exact) mass is 269 g/mol. The van der Waals surface area contributed by atoms with E-state index in [-0.39, 0.29) is 16.8 Å². The minimum absolute atomic E-state index is 0.0631. The standard InChI is InChI=1S/C13H7F4NO/c14-11-5-8(7-19)6-18-12(11)9-1-3-10(4-2-9)13(15,16)17/h1-7H. The van der Waals surface area contributed by atoms with E-state index in [9.17, 15) is 22.4 Å². The molecular formula is C13H7F4NO. The molecule has 0 bridgehead atoms. The number of aldehydes is 1. The fourth-order valence-corrected chi connectivity index (χ4v) is 1.55. The highest BCUT2D eigenvalue weighted by Gasteiger charge is 2.30. The number of hydrogen-bond acceptors (Lipinski definition) is 2. The summed E-state index contributed by atoms with van der Waals surface area (Å²) in [4.78, 5) is 14.2. The van der Waals surface area contributed by atoms with Gasteiger partial charge < -0.3 is 0 Å². The molecule has 0 atom stereocenters. The molecule has 0 unspecified atom stereocenters. The highest BCUT2D eigenvalue weighted by atomic mass is 19.4. The van der Waals surface area contributed by atoms with Crippen LogP contribution in [0.2, 0.25) is 0 Å². The molecule has 2 rings (SSSR count). The van der Waals surface area contributed by atoms with E-state index >= 15 is 0 Å². The third-order valence-corrected chi connectivity index (χ3v) is 2.48. The van der Waals surface area contributed by atoms with Crippen molar-refractivity contribution in [2.45, 2.75) is 6.18 Å². The van der Waals surface area contributed by atoms with Crippen molar-refractivity contribution < 1.29 is 22.4 Å². The lowest BCUT2D eigenvalue weighted by Crippen LogP contribution is -2.04. The third kappa shape index (κ3) is 2.78. The van der Waals surface area contributed by atoms with Gasteiger partial charge in [0.05, 0.1) is 5.56 Å². The molecular weight excluding hydrogens is 262 g/mol. The summed E-state index contributed by atoms with van der Waals surface area (Å²) in [6, 6.07) is 4.95. The number of rotatable bonds is 2. The highest BCUT2D eigenvalue weighted by Crippen LogP contribution is 2.31. The van der Waals surface area contributed by atoms with Gasteiger partial charge in [-0.05, 0) is 18.2 Å². The van der Waals surface area contributed by atoms with E-state index in [1.54, 1.807) is 0 Å². The summed E-state index contributed by atoms with van der Waals surface area (Å²) in [5, 5.41) is 0. The van der Waals surface area contributed by atoms with Crippen LogP contribution in [0.15, 0.2) is 36.5 Å². The predicted octanol–water partition coefficient (Wildman–Crippen LogP) is 3.72. The highest BCUT2D eigenvalue weighted by molar-refractivity contribution is 5.75. The van der Waals surface area contributed by atoms with E-state index in [0.717, 1.165) is 36.5 Å². The van der Waals surface area contributed by atoms with Gasteiger partial charge in [0.15, 0.2) is 6.29 Å². The molecule has 1 aromatic carbocycles. The van der Waals surface area contributed by atoms with E-state index in [1.165, 1.54) is 0 Å². The molecule has 98 valence electrons. The quantitative estimate of drug-likeness (QED) is 0.614. The van der Waals surface area contributed by atoms with E-state index in [0.29, 0.717) is 6.29 Å². The molecule has 0 amide bonds. The maximum atomic E-state index is 13.6. The number of carbonyl (C=O) groups is 1. The Labute approximate surface area is 105 Å². The zero-order valence-corrected chi connectivity index (χ0v) is 9.41. The van der Waals surface area contributed by atoms with Crippen LogP contribution in [0, 0.1) is 5.82 Å². The molecule has 0 fully saturated rings. The molecule has 1 heterocycles. The molecule has 6 heteroatoms. The van der Waals surface area contributed by atoms with E-state index < -0.39 is 17.6 Å². The van der Waals surface area contributed by atoms with Gasteiger partial charge in [0.1, 0.15) is 11.5 Å². The minimum Gasteiger partial charge on any atom is -0.298 e. The molecule has 0 aliphatic heterocycles. The van der Waals surface area contributed by atoms with Gasteiger partial charge in [-0.2, -0.15) is 13.2 Å². The molecule has 0 N–H and O–H groups in total. The van der Waals surface area contributed by atoms with Gasteiger partial charge in [0.25, 0.3) is 0 Å². The minimum atomic E-state index is -4.44. The summed E-state index contributed by atoms with van der Waals surface area (Å²) in [6.07, 6.45) is -2.85. The second-order valence-corrected chi connectivity index (χ2v) is 3.79. The van der Waals surface area contributed by atoms with Crippen molar-refractivity contribution in [2.75, 3.05) is 0 Å². The number of halogens is 4. The number of benzene rings is 1. The van der Waals surface area contributed by atoms with Gasteiger partial charge in [-0.15, -0.1) is 0 Å². The van der Waals surface area contributed by atoms with Crippen LogP contribution in [0.25, 0.3) is 11.3 Å². The van der Waals surface area contributed by atoms with Crippen LogP contribution in [-0.4, -0.2) is 11.3 Å². The molecule has 2 aromatic rings. The smallest absolute Gasteiger partial charge is 0.298 e. The lowest BCUT2D eigenvalue weighted by atomic mass is 10.1. The first-order valence-electron chi connectivity index (χ1n) is 5.20. The molecule has 0 saturated heterocycles. The first-order chi connectivity index (χ1) is 8.91. The number of hydrogen-bond donors (Lipinski definition) is 0. The van der Waals surface area contributed by atoms with Gasteiger partial charge in [-0.3, -0.25) is 9.78 Å². The third-order valence-electron chi connectivity index (χ3n) is 2.48. The Morgan fingerprint density at radius 1 is 1.11 bits per heavy atom. The molecule has 0 radical (unpaired) electrons. The van der Waals surface area contributed by atoms with Crippen LogP contribution in [0.3, 0.4) is 0 Å². The van der Waals surface area contributed by atoms with Crippen LogP contribution in [0.1, 0.15) is 15.9 Å². The van der Waals surface area contributed by atoms with Crippen molar-refractivity contribution in [2.24, 2.45) is 0 Å². The van der Waals surface area contributed by atoms with Crippen LogP contribution < -0.4 is 0 Å². The van der Waals surface area contributed by atoms with Gasteiger partial charge in [0, 0.05) is 17.3 Å². The second-order valence-electron chi connectivity index (χ2n) is 3.79. The zero-order chi connectivity index (χ0) is 14.0. The molecule has 0 aliphatic carbocycles. The number of carbonyl (C=O) groups excluding carboxylic acids is 1. The van der Waals surface area contributed by atoms with Crippen molar-refractivity contribution in [1.82, 2.24) is 4.98 Å². The van der Waals surface area contributed by atoms with Gasteiger partial charge in [0.2, 0.25) is 0 Å². The molecule has 0 spiro atoms. The van der Waals surface area contributed by atoms with Crippen molar-refractivity contribution in [1.29, 1.82) is 0 Å². The summed E-state index contributed by atoms with van der Waals surface area (Å²) < 4.78 is 50.7. The number of alkyl halides is 3. The van der Waals surface area contributed by atoms with Crippen LogP contribution in [0.4, 0.5) is 17.6 Å². The van der Waals surface area contributed by atoms with Crippen LogP contribution >= 0.6 is 0 Å². The largest absolute Gasteiger partial charge is 0.416 e. The second kappa shape index (κ2) is 4.79. The molecule has 0 saturated carbocycles. The number of aromatic nitrogens is 1. The Kier molecular flexibility index (Phi) is 3.33. The lowest BCUT2D eigenvalue weighted by Gasteiger charge is -2.08. The molecule has 1 aromatic heterocycles. The van der Waals surface area contributed by atoms with Crippen LogP contribution in [0.5, 0.6) is 0 Å². The zero-order valence-electron chi connectivity index (χ0n) is 9.41. The first kappa shape index (κ1) is 13.2. The predicted molar refractivity (Wildman–Crippen MR) is 60.0 cm³/mol. The summed E-state index contributed by atoms with van der Waals surface area (Å²) in [6.45, 7) is 0. The van der Waals surface area contributed by atoms with Crippen LogP contribution in [-0.2, 0) is 6.18 Å². The van der Waals surface area contributed by atoms with E-state index in [4.69, 9.17) is 0 Å². The average molecular weight is 269 g/mol. The maximum Gasteiger partial charge on any atom is 0.416 e. The normalized spacial score (nSPS) is 11.4. The van der Waals surface area contributed by atoms with Gasteiger partial charge >= 0.3 is 6.18 Å². The molecule has 0 aliphatic rings. The van der Waals surface area contributed by atoms with Gasteiger partial charge in [-0.25, -0.2) is 4.39 Å². The fourth-order valence-electron chi connectivity index (χ4n) is 1.55. The first-order valence-corrected chi connectivity index (χ1v) is 5.20. The maximum absolute atomic E-state index is 13.6. The summed E-state index contributed by atoms with van der Waals surface area (Å²) in [7, 11) is 0. The Bertz CT molecular complexity index is 605. The average Bonchev–Trinajstić information content (AvgIpc) is 2.37. The molecule has 2 nitrogen and oxygen atoms in total. The van der Waals surface area contributed by atoms with Crippen molar-refractivity contribution in [3.05, 3.63) is 53.5 Å². The fraction of sp³-hybridized carbons (Fsp3) is 0.0769. The number of nitrogens with zero attached hydrogens (tertiary/aromatic N) is 1. The van der Waals surface area contributed by atoms with Crippen molar-refractivity contribution in [3.8, 4) is 11.3 Å². The van der Waals surface area contributed by atoms with Gasteiger partial charge in [-0.1, -0.05) is 12.1 Å². The molecule has 19 heavy (non-hydrogen) atoms. The topological polar surface area (TPSA) is 30.0 Å². The Balaban J connectivity index is 2.40. The Morgan fingerprint density at radius 2 is 1.74 bits per heavy atom. The van der Waals surface area contributed by atoms with Crippen molar-refractivity contribution in [3.63, 3.8) is 0 Å². The van der Waals surface area contributed by atoms with E-state index in [1.807, 2.05) is 0 Å².